The van der Waals surface area contributed by atoms with E-state index < -0.39 is 10.1 Å². The van der Waals surface area contributed by atoms with E-state index in [9.17, 15) is 13.3 Å². The fourth-order valence-corrected chi connectivity index (χ4v) is 2.42. The molecule has 19 heavy (non-hydrogen) atoms. The molecule has 0 saturated carbocycles. The van der Waals surface area contributed by atoms with Gasteiger partial charge in [0.25, 0.3) is 10.1 Å². The maximum absolute atomic E-state index is 11.0. The lowest BCUT2D eigenvalue weighted by molar-refractivity contribution is 0.312. The second-order valence-electron chi connectivity index (χ2n) is 4.00. The number of hydrogen-bond acceptors (Lipinski definition) is 5. The maximum atomic E-state index is 11.0. The summed E-state index contributed by atoms with van der Waals surface area (Å²) in [4.78, 5) is 11.0. The second kappa shape index (κ2) is 5.36. The van der Waals surface area contributed by atoms with Crippen LogP contribution in [0.5, 0.6) is 0 Å². The highest BCUT2D eigenvalue weighted by atomic mass is 79.9. The number of fused-ring (bicyclic) bond motifs is 1. The molecule has 100 valence electrons. The molecular weight excluding hydrogens is 334 g/mol. The minimum absolute atomic E-state index is 0.197. The molecule has 0 saturated heterocycles. The Morgan fingerprint density at radius 3 is 2.58 bits per heavy atom. The molecule has 2 rings (SSSR count). The topological polar surface area (TPSA) is 72.8 Å². The van der Waals surface area contributed by atoms with E-state index in [0.29, 0.717) is 10.9 Å². The average Bonchev–Trinajstić information content (AvgIpc) is 2.34. The molecule has 0 aliphatic heterocycles. The zero-order valence-electron chi connectivity index (χ0n) is 9.96. The van der Waals surface area contributed by atoms with Gasteiger partial charge in [-0.3, -0.25) is 4.18 Å². The first-order valence-corrected chi connectivity index (χ1v) is 7.90. The lowest BCUT2D eigenvalue weighted by Gasteiger charge is -2.07. The van der Waals surface area contributed by atoms with E-state index in [-0.39, 0.29) is 12.3 Å². The van der Waals surface area contributed by atoms with Crippen molar-refractivity contribution in [2.75, 3.05) is 6.26 Å². The summed E-state index contributed by atoms with van der Waals surface area (Å²) < 4.78 is 27.5. The van der Waals surface area contributed by atoms with Crippen molar-refractivity contribution in [2.45, 2.75) is 6.61 Å². The third-order valence-electron chi connectivity index (χ3n) is 2.56. The number of nitrogens with zero attached hydrogens (tertiary/aromatic N) is 1. The van der Waals surface area contributed by atoms with Gasteiger partial charge in [-0.1, -0.05) is 34.1 Å². The van der Waals surface area contributed by atoms with Crippen LogP contribution in [-0.4, -0.2) is 14.7 Å². The van der Waals surface area contributed by atoms with Gasteiger partial charge < -0.3 is 0 Å². The molecule has 0 atom stereocenters. The number of hydrogen-bond donors (Lipinski definition) is 0. The fraction of sp³-hybridized carbons (Fsp3) is 0.167. The Bertz CT molecular complexity index is 743. The monoisotopic (exact) mass is 343 g/mol. The van der Waals surface area contributed by atoms with Gasteiger partial charge in [-0.05, 0) is 22.7 Å². The van der Waals surface area contributed by atoms with Gasteiger partial charge in [0.15, 0.2) is 0 Å². The lowest BCUT2D eigenvalue weighted by Crippen LogP contribution is -2.02. The predicted octanol–water partition coefficient (Wildman–Crippen LogP) is 3.48. The molecule has 0 N–H and O–H groups in total. The highest BCUT2D eigenvalue weighted by molar-refractivity contribution is 9.10. The van der Waals surface area contributed by atoms with Crippen molar-refractivity contribution in [1.82, 2.24) is 0 Å². The predicted molar refractivity (Wildman–Crippen MR) is 76.7 cm³/mol. The molecule has 5 nitrogen and oxygen atoms in total. The van der Waals surface area contributed by atoms with E-state index in [2.05, 4.69) is 21.1 Å². The molecule has 7 heteroatoms. The van der Waals surface area contributed by atoms with Crippen LogP contribution in [-0.2, 0) is 20.9 Å². The van der Waals surface area contributed by atoms with Crippen molar-refractivity contribution in [3.05, 3.63) is 45.3 Å². The summed E-state index contributed by atoms with van der Waals surface area (Å²) in [5.74, 6) is 0. The molecular formula is C12H10BrNO4S. The minimum atomic E-state index is -3.56. The van der Waals surface area contributed by atoms with Gasteiger partial charge in [0.2, 0.25) is 0 Å². The van der Waals surface area contributed by atoms with E-state index in [1.807, 2.05) is 12.1 Å². The van der Waals surface area contributed by atoms with Gasteiger partial charge in [-0.15, -0.1) is 4.91 Å². The first-order valence-electron chi connectivity index (χ1n) is 5.29. The molecule has 0 bridgehead atoms. The van der Waals surface area contributed by atoms with Gasteiger partial charge in [0.1, 0.15) is 5.69 Å². The van der Waals surface area contributed by atoms with Crippen molar-refractivity contribution in [3.63, 3.8) is 0 Å². The Morgan fingerprint density at radius 2 is 1.95 bits per heavy atom. The lowest BCUT2D eigenvalue weighted by atomic mass is 10.0. The molecule has 0 heterocycles. The third-order valence-corrected chi connectivity index (χ3v) is 3.60. The molecule has 0 fully saturated rings. The quantitative estimate of drug-likeness (QED) is 0.629. The van der Waals surface area contributed by atoms with Crippen LogP contribution in [0.3, 0.4) is 0 Å². The SMILES string of the molecule is CS(=O)(=O)OCc1ccc2ccc(Br)cc2c1N=O. The zero-order chi connectivity index (χ0) is 14.0. The second-order valence-corrected chi connectivity index (χ2v) is 6.56. The van der Waals surface area contributed by atoms with E-state index in [1.54, 1.807) is 18.2 Å². The number of rotatable bonds is 4. The average molecular weight is 344 g/mol. The first-order chi connectivity index (χ1) is 8.90. The van der Waals surface area contributed by atoms with Crippen molar-refractivity contribution in [1.29, 1.82) is 0 Å². The summed E-state index contributed by atoms with van der Waals surface area (Å²) in [6.45, 7) is -0.206. The molecule has 2 aromatic rings. The Labute approximate surface area is 118 Å². The van der Waals surface area contributed by atoms with E-state index >= 15 is 0 Å². The van der Waals surface area contributed by atoms with Crippen molar-refractivity contribution in [3.8, 4) is 0 Å². The Kier molecular flexibility index (Phi) is 3.98. The Morgan fingerprint density at radius 1 is 1.26 bits per heavy atom. The number of halogens is 1. The van der Waals surface area contributed by atoms with E-state index in [4.69, 9.17) is 4.18 Å². The van der Waals surface area contributed by atoms with Gasteiger partial charge in [0, 0.05) is 15.4 Å². The van der Waals surface area contributed by atoms with Gasteiger partial charge in [-0.2, -0.15) is 8.42 Å². The summed E-state index contributed by atoms with van der Waals surface area (Å²) in [5.41, 5.74) is 0.633. The van der Waals surface area contributed by atoms with Gasteiger partial charge >= 0.3 is 0 Å². The fourth-order valence-electron chi connectivity index (χ4n) is 1.72. The molecule has 0 aromatic heterocycles. The van der Waals surface area contributed by atoms with Crippen LogP contribution in [0.2, 0.25) is 0 Å². The Balaban J connectivity index is 2.53. The summed E-state index contributed by atoms with van der Waals surface area (Å²) in [5, 5.41) is 4.49. The molecule has 0 spiro atoms. The van der Waals surface area contributed by atoms with Crippen LogP contribution >= 0.6 is 15.9 Å². The summed E-state index contributed by atoms with van der Waals surface area (Å²) in [7, 11) is -3.56. The highest BCUT2D eigenvalue weighted by Crippen LogP contribution is 2.32. The van der Waals surface area contributed by atoms with E-state index in [0.717, 1.165) is 16.1 Å². The molecule has 0 aliphatic carbocycles. The van der Waals surface area contributed by atoms with Gasteiger partial charge in [0.05, 0.1) is 12.9 Å². The van der Waals surface area contributed by atoms with Crippen molar-refractivity contribution in [2.24, 2.45) is 5.18 Å². The Hall–Kier alpha value is -1.31. The van der Waals surface area contributed by atoms with Crippen LogP contribution in [0, 0.1) is 4.91 Å². The van der Waals surface area contributed by atoms with Crippen molar-refractivity contribution < 1.29 is 12.6 Å². The zero-order valence-corrected chi connectivity index (χ0v) is 12.4. The molecule has 2 aromatic carbocycles. The van der Waals surface area contributed by atoms with Crippen LogP contribution in [0.15, 0.2) is 40.0 Å². The molecule has 0 radical (unpaired) electrons. The number of benzene rings is 2. The normalized spacial score (nSPS) is 11.7. The largest absolute Gasteiger partial charge is 0.265 e. The summed E-state index contributed by atoms with van der Waals surface area (Å²) in [6.07, 6.45) is 0.957. The standard InChI is InChI=1S/C12H10BrNO4S/c1-19(16,17)18-7-9-3-2-8-4-5-10(13)6-11(8)12(9)14-15/h2-6H,7H2,1H3. The first kappa shape index (κ1) is 14.1. The molecule has 0 aliphatic rings. The molecule has 0 amide bonds. The maximum Gasteiger partial charge on any atom is 0.264 e. The van der Waals surface area contributed by atoms with Crippen LogP contribution in [0.4, 0.5) is 5.69 Å². The molecule has 0 unspecified atom stereocenters. The summed E-state index contributed by atoms with van der Waals surface area (Å²) >= 11 is 3.32. The van der Waals surface area contributed by atoms with Crippen molar-refractivity contribution >= 4 is 42.5 Å². The highest BCUT2D eigenvalue weighted by Gasteiger charge is 2.11. The van der Waals surface area contributed by atoms with Crippen LogP contribution in [0.25, 0.3) is 10.8 Å². The smallest absolute Gasteiger partial charge is 0.264 e. The van der Waals surface area contributed by atoms with Crippen LogP contribution < -0.4 is 0 Å². The van der Waals surface area contributed by atoms with E-state index in [1.165, 1.54) is 0 Å². The number of nitroso groups, excluding NO2 is 1. The van der Waals surface area contributed by atoms with Gasteiger partial charge in [-0.25, -0.2) is 0 Å². The minimum Gasteiger partial charge on any atom is -0.265 e. The summed E-state index contributed by atoms with van der Waals surface area (Å²) in [6, 6.07) is 8.88. The van der Waals surface area contributed by atoms with Crippen LogP contribution in [0.1, 0.15) is 5.56 Å². The third kappa shape index (κ3) is 3.37.